The van der Waals surface area contributed by atoms with Crippen LogP contribution in [0.3, 0.4) is 0 Å². The molecular formula is C9H16IN. The van der Waals surface area contributed by atoms with E-state index in [1.165, 1.54) is 32.1 Å². The number of halogens is 1. The first-order valence-electron chi connectivity index (χ1n) is 4.70. The van der Waals surface area contributed by atoms with Crippen LogP contribution >= 0.6 is 22.6 Å². The lowest BCUT2D eigenvalue weighted by Gasteiger charge is -2.36. The summed E-state index contributed by atoms with van der Waals surface area (Å²) >= 11 is 2.56. The van der Waals surface area contributed by atoms with Crippen molar-refractivity contribution < 1.29 is 0 Å². The van der Waals surface area contributed by atoms with Gasteiger partial charge in [-0.1, -0.05) is 29.0 Å². The Bertz CT molecular complexity index is 130. The van der Waals surface area contributed by atoms with Gasteiger partial charge < -0.3 is 0 Å². The van der Waals surface area contributed by atoms with Crippen molar-refractivity contribution in [3.05, 3.63) is 0 Å². The highest BCUT2D eigenvalue weighted by molar-refractivity contribution is 14.1. The molecule has 2 rings (SSSR count). The van der Waals surface area contributed by atoms with Gasteiger partial charge in [-0.3, -0.25) is 4.90 Å². The first-order valence-corrected chi connectivity index (χ1v) is 5.95. The second-order valence-electron chi connectivity index (χ2n) is 3.84. The molecule has 1 nitrogen and oxygen atoms in total. The van der Waals surface area contributed by atoms with Gasteiger partial charge in [0.05, 0.1) is 4.05 Å². The molecule has 2 aliphatic heterocycles. The van der Waals surface area contributed by atoms with E-state index >= 15 is 0 Å². The zero-order valence-corrected chi connectivity index (χ0v) is 9.25. The molecule has 2 heterocycles. The van der Waals surface area contributed by atoms with Crippen LogP contribution in [0.4, 0.5) is 0 Å². The van der Waals surface area contributed by atoms with Crippen LogP contribution in [-0.2, 0) is 0 Å². The largest absolute Gasteiger partial charge is 0.286 e. The number of rotatable bonds is 1. The molecule has 11 heavy (non-hydrogen) atoms. The summed E-state index contributed by atoms with van der Waals surface area (Å²) in [6.45, 7) is 2.33. The Labute approximate surface area is 82.7 Å². The Morgan fingerprint density at radius 3 is 2.09 bits per heavy atom. The number of fused-ring (bicyclic) bond motifs is 2. The van der Waals surface area contributed by atoms with E-state index in [4.69, 9.17) is 0 Å². The highest BCUT2D eigenvalue weighted by Crippen LogP contribution is 2.38. The van der Waals surface area contributed by atoms with Crippen molar-refractivity contribution in [1.82, 2.24) is 4.90 Å². The maximum atomic E-state index is 2.74. The van der Waals surface area contributed by atoms with Gasteiger partial charge >= 0.3 is 0 Å². The van der Waals surface area contributed by atoms with Crippen LogP contribution in [0.15, 0.2) is 0 Å². The van der Waals surface area contributed by atoms with Crippen LogP contribution in [0.2, 0.25) is 0 Å². The van der Waals surface area contributed by atoms with E-state index < -0.39 is 0 Å². The molecule has 0 aromatic heterocycles. The molecule has 0 radical (unpaired) electrons. The summed E-state index contributed by atoms with van der Waals surface area (Å²) < 4.78 is 0.755. The first-order chi connectivity index (χ1) is 5.29. The lowest BCUT2D eigenvalue weighted by Crippen LogP contribution is -2.42. The van der Waals surface area contributed by atoms with Gasteiger partial charge in [0.2, 0.25) is 0 Å². The van der Waals surface area contributed by atoms with Crippen LogP contribution in [0.5, 0.6) is 0 Å². The third-order valence-electron chi connectivity index (χ3n) is 3.16. The van der Waals surface area contributed by atoms with E-state index in [9.17, 15) is 0 Å². The first kappa shape index (κ1) is 8.30. The fraction of sp³-hybridized carbons (Fsp3) is 1.00. The van der Waals surface area contributed by atoms with Gasteiger partial charge in [-0.2, -0.15) is 0 Å². The van der Waals surface area contributed by atoms with E-state index in [2.05, 4.69) is 34.4 Å². The summed E-state index contributed by atoms with van der Waals surface area (Å²) in [5, 5.41) is 0. The van der Waals surface area contributed by atoms with Crippen molar-refractivity contribution in [3.8, 4) is 0 Å². The second kappa shape index (κ2) is 3.21. The highest BCUT2D eigenvalue weighted by atomic mass is 127. The molecule has 2 aliphatic rings. The van der Waals surface area contributed by atoms with Gasteiger partial charge in [0.1, 0.15) is 0 Å². The smallest absolute Gasteiger partial charge is 0.0595 e. The quantitative estimate of drug-likeness (QED) is 0.400. The Kier molecular flexibility index (Phi) is 2.42. The minimum absolute atomic E-state index is 0.755. The summed E-state index contributed by atoms with van der Waals surface area (Å²) in [5.41, 5.74) is 0. The Hall–Kier alpha value is 0.690. The molecule has 2 fully saturated rings. The fourth-order valence-corrected chi connectivity index (χ4v) is 3.65. The SMILES string of the molecule is CC(I)N1C2CCCC1CC2. The summed E-state index contributed by atoms with van der Waals surface area (Å²) in [6.07, 6.45) is 7.35. The maximum Gasteiger partial charge on any atom is 0.0595 e. The van der Waals surface area contributed by atoms with Crippen molar-refractivity contribution in [2.24, 2.45) is 0 Å². The topological polar surface area (TPSA) is 3.24 Å². The van der Waals surface area contributed by atoms with Crippen molar-refractivity contribution in [1.29, 1.82) is 0 Å². The molecule has 0 saturated carbocycles. The molecule has 3 unspecified atom stereocenters. The van der Waals surface area contributed by atoms with Crippen molar-refractivity contribution in [3.63, 3.8) is 0 Å². The van der Waals surface area contributed by atoms with Gasteiger partial charge in [0.25, 0.3) is 0 Å². The number of hydrogen-bond donors (Lipinski definition) is 0. The third-order valence-corrected chi connectivity index (χ3v) is 3.81. The molecule has 0 spiro atoms. The van der Waals surface area contributed by atoms with E-state index in [0.29, 0.717) is 0 Å². The van der Waals surface area contributed by atoms with Gasteiger partial charge in [-0.15, -0.1) is 0 Å². The van der Waals surface area contributed by atoms with Crippen molar-refractivity contribution in [2.75, 3.05) is 0 Å². The lowest BCUT2D eigenvalue weighted by atomic mass is 10.0. The second-order valence-corrected chi connectivity index (χ2v) is 5.64. The zero-order chi connectivity index (χ0) is 7.84. The number of hydrogen-bond acceptors (Lipinski definition) is 1. The van der Waals surface area contributed by atoms with Gasteiger partial charge in [-0.05, 0) is 32.6 Å². The number of alkyl halides is 1. The molecular weight excluding hydrogens is 249 g/mol. The molecule has 0 aromatic rings. The normalized spacial score (nSPS) is 40.9. The van der Waals surface area contributed by atoms with Crippen LogP contribution in [-0.4, -0.2) is 21.0 Å². The van der Waals surface area contributed by atoms with Crippen molar-refractivity contribution >= 4 is 22.6 Å². The monoisotopic (exact) mass is 265 g/mol. The zero-order valence-electron chi connectivity index (χ0n) is 7.09. The molecule has 0 amide bonds. The predicted molar refractivity (Wildman–Crippen MR) is 56.0 cm³/mol. The Morgan fingerprint density at radius 2 is 1.73 bits per heavy atom. The highest BCUT2D eigenvalue weighted by Gasteiger charge is 2.37. The summed E-state index contributed by atoms with van der Waals surface area (Å²) in [4.78, 5) is 2.74. The fourth-order valence-electron chi connectivity index (χ4n) is 2.74. The Balaban J connectivity index is 2.09. The minimum atomic E-state index is 0.755. The molecule has 0 N–H and O–H groups in total. The van der Waals surface area contributed by atoms with Crippen LogP contribution in [0.1, 0.15) is 39.0 Å². The standard InChI is InChI=1S/C9H16IN/c1-7(10)11-8-3-2-4-9(11)6-5-8/h7-9H,2-6H2,1H3. The van der Waals surface area contributed by atoms with Crippen LogP contribution in [0, 0.1) is 0 Å². The van der Waals surface area contributed by atoms with E-state index in [1.807, 2.05) is 0 Å². The minimum Gasteiger partial charge on any atom is -0.286 e. The predicted octanol–water partition coefficient (Wildman–Crippen LogP) is 2.78. The lowest BCUT2D eigenvalue weighted by molar-refractivity contribution is 0.140. The van der Waals surface area contributed by atoms with Crippen molar-refractivity contribution in [2.45, 2.75) is 55.2 Å². The van der Waals surface area contributed by atoms with E-state index in [1.54, 1.807) is 0 Å². The van der Waals surface area contributed by atoms with Crippen LogP contribution in [0.25, 0.3) is 0 Å². The summed E-state index contributed by atoms with van der Waals surface area (Å²) in [6, 6.07) is 1.89. The van der Waals surface area contributed by atoms with E-state index in [0.717, 1.165) is 16.1 Å². The van der Waals surface area contributed by atoms with Gasteiger partial charge in [0.15, 0.2) is 0 Å². The molecule has 2 saturated heterocycles. The summed E-state index contributed by atoms with van der Waals surface area (Å²) in [5.74, 6) is 0. The third kappa shape index (κ3) is 1.44. The molecule has 2 bridgehead atoms. The Morgan fingerprint density at radius 1 is 1.18 bits per heavy atom. The summed E-state index contributed by atoms with van der Waals surface area (Å²) in [7, 11) is 0. The molecule has 3 atom stereocenters. The molecule has 64 valence electrons. The number of nitrogens with zero attached hydrogens (tertiary/aromatic N) is 1. The maximum absolute atomic E-state index is 2.74. The van der Waals surface area contributed by atoms with E-state index in [-0.39, 0.29) is 0 Å². The average Bonchev–Trinajstić information content (AvgIpc) is 2.23. The number of piperidine rings is 1. The average molecular weight is 265 g/mol. The molecule has 0 aromatic carbocycles. The van der Waals surface area contributed by atoms with Crippen LogP contribution < -0.4 is 0 Å². The van der Waals surface area contributed by atoms with Gasteiger partial charge in [-0.25, -0.2) is 0 Å². The molecule has 0 aliphatic carbocycles. The molecule has 2 heteroatoms. The van der Waals surface area contributed by atoms with Gasteiger partial charge in [0, 0.05) is 12.1 Å².